The Labute approximate surface area is 143 Å². The number of halogens is 2. The zero-order valence-electron chi connectivity index (χ0n) is 13.2. The maximum atomic E-state index is 12.5. The minimum absolute atomic E-state index is 0. The molecule has 1 aromatic rings. The standard InChI is InChI=1S/C16H23ClN2O2.ClH/c1-9-5-4-6-14(10(9)2)19-16(20)11-7-12(17)13(18)8-15(11)21-3;/h7-10,14H,4-6,18H2,1-3H3,(H,19,20);1H. The molecule has 0 aliphatic heterocycles. The van der Waals surface area contributed by atoms with Crippen LogP contribution in [0.3, 0.4) is 0 Å². The van der Waals surface area contributed by atoms with Gasteiger partial charge in [-0.2, -0.15) is 0 Å². The number of nitrogens with two attached hydrogens (primary N) is 1. The van der Waals surface area contributed by atoms with E-state index < -0.39 is 0 Å². The average Bonchev–Trinajstić information content (AvgIpc) is 2.46. The molecule has 0 saturated heterocycles. The third-order valence-electron chi connectivity index (χ3n) is 4.59. The Morgan fingerprint density at radius 3 is 2.68 bits per heavy atom. The second kappa shape index (κ2) is 7.93. The Morgan fingerprint density at radius 1 is 1.36 bits per heavy atom. The first-order valence-electron chi connectivity index (χ1n) is 7.38. The molecule has 0 radical (unpaired) electrons. The fraction of sp³-hybridized carbons (Fsp3) is 0.562. The molecule has 1 aromatic carbocycles. The van der Waals surface area contributed by atoms with Crippen molar-refractivity contribution in [3.05, 3.63) is 22.7 Å². The SMILES string of the molecule is COc1cc(N)c(Cl)cc1C(=O)NC1CCCC(C)C1C.Cl. The van der Waals surface area contributed by atoms with Crippen LogP contribution in [0, 0.1) is 11.8 Å². The summed E-state index contributed by atoms with van der Waals surface area (Å²) in [6, 6.07) is 3.36. The largest absolute Gasteiger partial charge is 0.496 e. The van der Waals surface area contributed by atoms with Crippen molar-refractivity contribution in [2.24, 2.45) is 11.8 Å². The van der Waals surface area contributed by atoms with E-state index in [4.69, 9.17) is 22.1 Å². The Hall–Kier alpha value is -1.13. The number of ether oxygens (including phenoxy) is 1. The highest BCUT2D eigenvalue weighted by molar-refractivity contribution is 6.33. The maximum Gasteiger partial charge on any atom is 0.255 e. The van der Waals surface area contributed by atoms with Crippen molar-refractivity contribution >= 4 is 35.6 Å². The number of hydrogen-bond donors (Lipinski definition) is 2. The molecule has 1 aliphatic rings. The van der Waals surface area contributed by atoms with Gasteiger partial charge in [-0.15, -0.1) is 12.4 Å². The average molecular weight is 347 g/mol. The van der Waals surface area contributed by atoms with E-state index in [1.807, 2.05) is 0 Å². The van der Waals surface area contributed by atoms with Gasteiger partial charge in [0.15, 0.2) is 0 Å². The fourth-order valence-corrected chi connectivity index (χ4v) is 3.11. The molecular weight excluding hydrogens is 323 g/mol. The molecule has 124 valence electrons. The third-order valence-corrected chi connectivity index (χ3v) is 4.91. The molecule has 0 aromatic heterocycles. The Balaban J connectivity index is 0.00000242. The number of hydrogen-bond acceptors (Lipinski definition) is 3. The van der Waals surface area contributed by atoms with Gasteiger partial charge in [0.25, 0.3) is 5.91 Å². The number of anilines is 1. The molecule has 1 aliphatic carbocycles. The van der Waals surface area contributed by atoms with Gasteiger partial charge in [-0.3, -0.25) is 4.79 Å². The molecule has 3 unspecified atom stereocenters. The van der Waals surface area contributed by atoms with Crippen molar-refractivity contribution in [1.82, 2.24) is 5.32 Å². The van der Waals surface area contributed by atoms with Crippen molar-refractivity contribution in [1.29, 1.82) is 0 Å². The summed E-state index contributed by atoms with van der Waals surface area (Å²) in [5.41, 5.74) is 6.59. The van der Waals surface area contributed by atoms with Crippen LogP contribution in [0.25, 0.3) is 0 Å². The van der Waals surface area contributed by atoms with Crippen LogP contribution < -0.4 is 15.8 Å². The van der Waals surface area contributed by atoms with Crippen molar-refractivity contribution in [2.75, 3.05) is 12.8 Å². The minimum Gasteiger partial charge on any atom is -0.496 e. The summed E-state index contributed by atoms with van der Waals surface area (Å²) in [5, 5.41) is 3.49. The summed E-state index contributed by atoms with van der Waals surface area (Å²) >= 11 is 6.02. The minimum atomic E-state index is -0.153. The van der Waals surface area contributed by atoms with Crippen LogP contribution in [0.4, 0.5) is 5.69 Å². The Bertz CT molecular complexity index is 537. The first kappa shape index (κ1) is 18.9. The number of rotatable bonds is 3. The zero-order chi connectivity index (χ0) is 15.6. The first-order valence-corrected chi connectivity index (χ1v) is 7.75. The zero-order valence-corrected chi connectivity index (χ0v) is 14.8. The third kappa shape index (κ3) is 3.99. The molecule has 1 saturated carbocycles. The smallest absolute Gasteiger partial charge is 0.255 e. The van der Waals surface area contributed by atoms with Gasteiger partial charge in [-0.1, -0.05) is 38.3 Å². The number of amides is 1. The van der Waals surface area contributed by atoms with Crippen LogP contribution >= 0.6 is 24.0 Å². The van der Waals surface area contributed by atoms with E-state index in [0.29, 0.717) is 33.9 Å². The van der Waals surface area contributed by atoms with Crippen molar-refractivity contribution in [2.45, 2.75) is 39.2 Å². The predicted molar refractivity (Wildman–Crippen MR) is 93.1 cm³/mol. The summed E-state index contributed by atoms with van der Waals surface area (Å²) in [6.07, 6.45) is 3.39. The van der Waals surface area contributed by atoms with Gasteiger partial charge in [0.05, 0.1) is 23.4 Å². The number of nitrogens with one attached hydrogen (secondary N) is 1. The molecule has 0 bridgehead atoms. The molecular formula is C16H24Cl2N2O2. The predicted octanol–water partition coefficient (Wildman–Crippen LogP) is 3.91. The number of carbonyl (C=O) groups is 1. The van der Waals surface area contributed by atoms with Gasteiger partial charge in [-0.05, 0) is 24.3 Å². The summed E-state index contributed by atoms with van der Waals surface area (Å²) in [5.74, 6) is 1.39. The summed E-state index contributed by atoms with van der Waals surface area (Å²) in [6.45, 7) is 4.44. The molecule has 4 nitrogen and oxygen atoms in total. The lowest BCUT2D eigenvalue weighted by atomic mass is 9.78. The van der Waals surface area contributed by atoms with Crippen LogP contribution in [0.1, 0.15) is 43.5 Å². The molecule has 1 fully saturated rings. The van der Waals surface area contributed by atoms with E-state index in [1.54, 1.807) is 12.1 Å². The van der Waals surface area contributed by atoms with E-state index in [2.05, 4.69) is 19.2 Å². The van der Waals surface area contributed by atoms with Gasteiger partial charge >= 0.3 is 0 Å². The van der Waals surface area contributed by atoms with E-state index in [0.717, 1.165) is 12.8 Å². The molecule has 0 heterocycles. The van der Waals surface area contributed by atoms with Gasteiger partial charge < -0.3 is 15.8 Å². The second-order valence-corrected chi connectivity index (χ2v) is 6.33. The monoisotopic (exact) mass is 346 g/mol. The van der Waals surface area contributed by atoms with Gasteiger partial charge in [0.2, 0.25) is 0 Å². The highest BCUT2D eigenvalue weighted by atomic mass is 35.5. The second-order valence-electron chi connectivity index (χ2n) is 5.92. The van der Waals surface area contributed by atoms with Crippen LogP contribution in [0.5, 0.6) is 5.75 Å². The fourth-order valence-electron chi connectivity index (χ4n) is 2.95. The van der Waals surface area contributed by atoms with Gasteiger partial charge in [-0.25, -0.2) is 0 Å². The van der Waals surface area contributed by atoms with Gasteiger partial charge in [0.1, 0.15) is 5.75 Å². The van der Waals surface area contributed by atoms with Gasteiger partial charge in [0, 0.05) is 12.1 Å². The quantitative estimate of drug-likeness (QED) is 0.815. The number of nitrogen functional groups attached to an aromatic ring is 1. The van der Waals surface area contributed by atoms with E-state index in [1.165, 1.54) is 13.5 Å². The van der Waals surface area contributed by atoms with Crippen LogP contribution in [0.15, 0.2) is 12.1 Å². The van der Waals surface area contributed by atoms with Crippen molar-refractivity contribution in [3.8, 4) is 5.75 Å². The number of carbonyl (C=O) groups excluding carboxylic acids is 1. The summed E-state index contributed by atoms with van der Waals surface area (Å²) in [7, 11) is 1.52. The first-order chi connectivity index (χ1) is 9.93. The molecule has 6 heteroatoms. The highest BCUT2D eigenvalue weighted by Gasteiger charge is 2.29. The molecule has 22 heavy (non-hydrogen) atoms. The molecule has 0 spiro atoms. The molecule has 1 amide bonds. The van der Waals surface area contributed by atoms with Crippen LogP contribution in [-0.2, 0) is 0 Å². The highest BCUT2D eigenvalue weighted by Crippen LogP contribution is 2.31. The molecule has 2 rings (SSSR count). The van der Waals surface area contributed by atoms with E-state index in [-0.39, 0.29) is 24.4 Å². The summed E-state index contributed by atoms with van der Waals surface area (Å²) in [4.78, 5) is 12.5. The van der Waals surface area contributed by atoms with E-state index >= 15 is 0 Å². The molecule has 3 atom stereocenters. The summed E-state index contributed by atoms with van der Waals surface area (Å²) < 4.78 is 5.24. The number of benzene rings is 1. The van der Waals surface area contributed by atoms with Crippen molar-refractivity contribution in [3.63, 3.8) is 0 Å². The topological polar surface area (TPSA) is 64.3 Å². The lowest BCUT2D eigenvalue weighted by Crippen LogP contribution is -2.43. The lowest BCUT2D eigenvalue weighted by Gasteiger charge is -2.34. The Morgan fingerprint density at radius 2 is 2.05 bits per heavy atom. The number of methoxy groups -OCH3 is 1. The maximum absolute atomic E-state index is 12.5. The van der Waals surface area contributed by atoms with Crippen LogP contribution in [0.2, 0.25) is 5.02 Å². The van der Waals surface area contributed by atoms with E-state index in [9.17, 15) is 4.79 Å². The van der Waals surface area contributed by atoms with Crippen LogP contribution in [-0.4, -0.2) is 19.1 Å². The normalized spacial score (nSPS) is 24.3. The lowest BCUT2D eigenvalue weighted by molar-refractivity contribution is 0.0888. The Kier molecular flexibility index (Phi) is 6.82. The van der Waals surface area contributed by atoms with Crippen molar-refractivity contribution < 1.29 is 9.53 Å². The molecule has 3 N–H and O–H groups in total.